The molecular formula is C14H24BNO7. The molecule has 0 radical (unpaired) electrons. The van der Waals surface area contributed by atoms with Gasteiger partial charge in [-0.15, -0.1) is 0 Å². The minimum atomic E-state index is -1.39. The average molecular weight is 329 g/mol. The number of ether oxygens (including phenoxy) is 3. The van der Waals surface area contributed by atoms with E-state index in [9.17, 15) is 15.3 Å². The summed E-state index contributed by atoms with van der Waals surface area (Å²) in [6.07, 6.45) is -3.02. The molecule has 9 heteroatoms. The van der Waals surface area contributed by atoms with Crippen molar-refractivity contribution < 1.29 is 34.2 Å². The summed E-state index contributed by atoms with van der Waals surface area (Å²) < 4.78 is 22.1. The van der Waals surface area contributed by atoms with E-state index in [0.29, 0.717) is 12.8 Å². The van der Waals surface area contributed by atoms with Crippen LogP contribution in [0.3, 0.4) is 0 Å². The second kappa shape index (κ2) is 8.21. The molecule has 5 unspecified atom stereocenters. The molecule has 0 amide bonds. The Bertz CT molecular complexity index is 422. The first-order chi connectivity index (χ1) is 11.0. The van der Waals surface area contributed by atoms with Gasteiger partial charge in [-0.1, -0.05) is 0 Å². The molecule has 2 rings (SSSR count). The normalized spacial score (nSPS) is 43.5. The van der Waals surface area contributed by atoms with Crippen LogP contribution >= 0.6 is 0 Å². The molecule has 0 saturated carbocycles. The van der Waals surface area contributed by atoms with Crippen molar-refractivity contribution in [2.45, 2.75) is 75.7 Å². The van der Waals surface area contributed by atoms with Gasteiger partial charge in [0.2, 0.25) is 0 Å². The molecule has 1 saturated heterocycles. The summed E-state index contributed by atoms with van der Waals surface area (Å²) in [5.41, 5.74) is 0. The number of rotatable bonds is 6. The van der Waals surface area contributed by atoms with Crippen molar-refractivity contribution in [2.75, 3.05) is 0 Å². The van der Waals surface area contributed by atoms with Crippen LogP contribution in [-0.2, 0) is 18.9 Å². The zero-order valence-electron chi connectivity index (χ0n) is 13.2. The van der Waals surface area contributed by atoms with E-state index in [0.717, 1.165) is 7.27 Å². The van der Waals surface area contributed by atoms with Crippen molar-refractivity contribution in [1.82, 2.24) is 0 Å². The van der Waals surface area contributed by atoms with Gasteiger partial charge in [0.1, 0.15) is 0 Å². The number of hydrogen-bond donors (Lipinski definition) is 4. The van der Waals surface area contributed by atoms with Gasteiger partial charge in [0.25, 0.3) is 0 Å². The molecule has 0 aromatic carbocycles. The Morgan fingerprint density at radius 1 is 1.09 bits per heavy atom. The summed E-state index contributed by atoms with van der Waals surface area (Å²) in [5.74, 6) is 0. The molecule has 8 atom stereocenters. The summed E-state index contributed by atoms with van der Waals surface area (Å²) in [6.45, 7) is 3.71. The SMILES string of the molecule is CCC1O[C@@H](O[C@@H]2C(OB=N)C=COC2CC)C(O)C(O)[C@H]1O. The Kier molecular flexibility index (Phi) is 6.55. The van der Waals surface area contributed by atoms with Gasteiger partial charge >= 0.3 is 135 Å². The Morgan fingerprint density at radius 3 is 2.39 bits per heavy atom. The first-order valence-corrected chi connectivity index (χ1v) is 7.85. The molecule has 0 aliphatic carbocycles. The van der Waals surface area contributed by atoms with E-state index in [1.54, 1.807) is 13.0 Å². The molecule has 4 N–H and O–H groups in total. The zero-order valence-corrected chi connectivity index (χ0v) is 13.2. The fourth-order valence-corrected chi connectivity index (χ4v) is 2.84. The standard InChI is InChI=1S/C14H24BNO7/c1-3-7-10(17)11(18)12(19)14(21-7)22-13-8(4-2)20-6-5-9(13)23-15-16/h5-14,16-19H,3-4H2,1-2H3/t7?,8?,9?,10-,11?,12?,13-,14-/m0/s1. The topological polar surface area (TPSA) is 121 Å². The fourth-order valence-electron chi connectivity index (χ4n) is 2.84. The molecule has 8 nitrogen and oxygen atoms in total. The third kappa shape index (κ3) is 3.92. The second-order valence-corrected chi connectivity index (χ2v) is 5.65. The van der Waals surface area contributed by atoms with Crippen LogP contribution in [0.25, 0.3) is 0 Å². The Labute approximate surface area is 135 Å². The number of hydrogen-bond acceptors (Lipinski definition) is 8. The summed E-state index contributed by atoms with van der Waals surface area (Å²) in [6, 6.07) is 0. The van der Waals surface area contributed by atoms with E-state index >= 15 is 0 Å². The van der Waals surface area contributed by atoms with Gasteiger partial charge in [0, 0.05) is 0 Å². The number of nitrogens with one attached hydrogen (secondary N) is 1. The van der Waals surface area contributed by atoms with Crippen LogP contribution < -0.4 is 0 Å². The molecule has 2 aliphatic heterocycles. The Hall–Kier alpha value is -0.995. The Morgan fingerprint density at radius 2 is 1.78 bits per heavy atom. The summed E-state index contributed by atoms with van der Waals surface area (Å²) in [5, 5.41) is 37.1. The van der Waals surface area contributed by atoms with Gasteiger partial charge in [-0.25, -0.2) is 0 Å². The third-order valence-electron chi connectivity index (χ3n) is 4.20. The van der Waals surface area contributed by atoms with Crippen molar-refractivity contribution >= 4 is 7.27 Å². The van der Waals surface area contributed by atoms with Gasteiger partial charge < -0.3 is 0 Å². The van der Waals surface area contributed by atoms with Crippen molar-refractivity contribution in [3.63, 3.8) is 0 Å². The molecule has 0 bridgehead atoms. The molecule has 2 heterocycles. The molecule has 23 heavy (non-hydrogen) atoms. The zero-order chi connectivity index (χ0) is 17.0. The third-order valence-corrected chi connectivity index (χ3v) is 4.20. The first kappa shape index (κ1) is 18.3. The van der Waals surface area contributed by atoms with E-state index < -0.39 is 42.9 Å². The summed E-state index contributed by atoms with van der Waals surface area (Å²) in [4.78, 5) is 0. The molecule has 0 spiro atoms. The first-order valence-electron chi connectivity index (χ1n) is 7.85. The molecule has 2 aliphatic rings. The van der Waals surface area contributed by atoms with E-state index in [4.69, 9.17) is 24.2 Å². The van der Waals surface area contributed by atoms with Crippen LogP contribution in [0, 0.1) is 5.31 Å². The van der Waals surface area contributed by atoms with Crippen molar-refractivity contribution in [2.24, 2.45) is 0 Å². The van der Waals surface area contributed by atoms with Crippen LogP contribution in [0.15, 0.2) is 12.3 Å². The molecule has 130 valence electrons. The van der Waals surface area contributed by atoms with Crippen LogP contribution in [0.4, 0.5) is 0 Å². The Balaban J connectivity index is 2.13. The average Bonchev–Trinajstić information content (AvgIpc) is 2.56. The fraction of sp³-hybridized carbons (Fsp3) is 0.857. The number of aliphatic hydroxyl groups is 3. The van der Waals surface area contributed by atoms with Crippen molar-refractivity contribution in [3.8, 4) is 0 Å². The van der Waals surface area contributed by atoms with E-state index in [2.05, 4.69) is 0 Å². The van der Waals surface area contributed by atoms with Crippen molar-refractivity contribution in [3.05, 3.63) is 12.3 Å². The maximum absolute atomic E-state index is 10.1. The molecule has 0 aromatic heterocycles. The minimum absolute atomic E-state index is 0.343. The van der Waals surface area contributed by atoms with Crippen LogP contribution in [0.1, 0.15) is 26.7 Å². The molecule has 1 fully saturated rings. The predicted molar refractivity (Wildman–Crippen MR) is 79.5 cm³/mol. The second-order valence-electron chi connectivity index (χ2n) is 5.65. The van der Waals surface area contributed by atoms with Gasteiger partial charge in [0.15, 0.2) is 0 Å². The summed E-state index contributed by atoms with van der Waals surface area (Å²) in [7, 11) is 0.814. The van der Waals surface area contributed by atoms with Crippen LogP contribution in [0.5, 0.6) is 0 Å². The van der Waals surface area contributed by atoms with Gasteiger partial charge in [-0.2, -0.15) is 0 Å². The predicted octanol–water partition coefficient (Wildman–Crippen LogP) is -0.322. The molecular weight excluding hydrogens is 305 g/mol. The van der Waals surface area contributed by atoms with Gasteiger partial charge in [0.05, 0.1) is 0 Å². The van der Waals surface area contributed by atoms with Crippen molar-refractivity contribution in [1.29, 1.82) is 5.31 Å². The van der Waals surface area contributed by atoms with Gasteiger partial charge in [-0.3, -0.25) is 0 Å². The van der Waals surface area contributed by atoms with E-state index in [1.165, 1.54) is 6.26 Å². The maximum atomic E-state index is 10.1. The van der Waals surface area contributed by atoms with Crippen LogP contribution in [-0.4, -0.2) is 71.6 Å². The van der Waals surface area contributed by atoms with E-state index in [-0.39, 0.29) is 6.10 Å². The molecule has 0 aromatic rings. The number of aliphatic hydroxyl groups excluding tert-OH is 3. The van der Waals surface area contributed by atoms with Crippen LogP contribution in [0.2, 0.25) is 0 Å². The van der Waals surface area contributed by atoms with Gasteiger partial charge in [-0.05, 0) is 0 Å². The summed E-state index contributed by atoms with van der Waals surface area (Å²) >= 11 is 0. The van der Waals surface area contributed by atoms with E-state index in [1.807, 2.05) is 6.92 Å². The monoisotopic (exact) mass is 329 g/mol. The quantitative estimate of drug-likeness (QED) is 0.493.